The van der Waals surface area contributed by atoms with E-state index in [1.54, 1.807) is 11.8 Å². The van der Waals surface area contributed by atoms with Crippen LogP contribution in [0.15, 0.2) is 21.8 Å². The Labute approximate surface area is 88.2 Å². The van der Waals surface area contributed by atoms with Crippen molar-refractivity contribution in [1.82, 2.24) is 4.98 Å². The lowest BCUT2D eigenvalue weighted by molar-refractivity contribution is 0.431. The van der Waals surface area contributed by atoms with Gasteiger partial charge in [0.1, 0.15) is 5.76 Å². The molecule has 0 unspecified atom stereocenters. The van der Waals surface area contributed by atoms with Crippen molar-refractivity contribution in [2.45, 2.75) is 19.1 Å². The van der Waals surface area contributed by atoms with E-state index >= 15 is 0 Å². The van der Waals surface area contributed by atoms with Crippen LogP contribution in [-0.4, -0.2) is 16.5 Å². The summed E-state index contributed by atoms with van der Waals surface area (Å²) >= 11 is 5.66. The number of aryl methyl sites for hydroxylation is 2. The van der Waals surface area contributed by atoms with Crippen LogP contribution in [0.25, 0.3) is 0 Å². The van der Waals surface area contributed by atoms with Gasteiger partial charge in [-0.3, -0.25) is 0 Å². The van der Waals surface area contributed by atoms with Gasteiger partial charge in [-0.1, -0.05) is 23.9 Å². The van der Waals surface area contributed by atoms with Crippen LogP contribution in [0.4, 0.5) is 0 Å². The van der Waals surface area contributed by atoms with Gasteiger partial charge in [0.2, 0.25) is 0 Å². The number of oxazole rings is 1. The van der Waals surface area contributed by atoms with E-state index in [1.165, 1.54) is 0 Å². The number of hydrogen-bond acceptors (Lipinski definition) is 4. The summed E-state index contributed by atoms with van der Waals surface area (Å²) < 4.78 is 5.39. The first-order valence-electron chi connectivity index (χ1n) is 4.06. The van der Waals surface area contributed by atoms with Crippen molar-refractivity contribution in [3.05, 3.63) is 23.6 Å². The first-order valence-corrected chi connectivity index (χ1v) is 5.68. The van der Waals surface area contributed by atoms with Crippen molar-refractivity contribution in [1.29, 1.82) is 0 Å². The summed E-state index contributed by atoms with van der Waals surface area (Å²) in [6.07, 6.45) is 4.07. The predicted molar refractivity (Wildman–Crippen MR) is 59.7 cm³/mol. The summed E-state index contributed by atoms with van der Waals surface area (Å²) in [6.45, 7) is 3.88. The Morgan fingerprint density at radius 3 is 2.77 bits per heavy atom. The molecule has 1 aromatic heterocycles. The van der Waals surface area contributed by atoms with Crippen LogP contribution < -0.4 is 0 Å². The van der Waals surface area contributed by atoms with E-state index < -0.39 is 0 Å². The molecule has 0 saturated carbocycles. The van der Waals surface area contributed by atoms with E-state index in [0.717, 1.165) is 28.2 Å². The van der Waals surface area contributed by atoms with Gasteiger partial charge < -0.3 is 4.42 Å². The van der Waals surface area contributed by atoms with Crippen LogP contribution in [0.3, 0.4) is 0 Å². The average molecular weight is 215 g/mol. The normalized spacial score (nSPS) is 11.3. The molecule has 1 aromatic rings. The molecule has 0 atom stereocenters. The quantitative estimate of drug-likeness (QED) is 0.475. The fraction of sp³-hybridized carbons (Fsp3) is 0.444. The minimum atomic E-state index is 0.749. The summed E-state index contributed by atoms with van der Waals surface area (Å²) in [6, 6.07) is 0. The van der Waals surface area contributed by atoms with E-state index in [2.05, 4.69) is 23.7 Å². The zero-order valence-corrected chi connectivity index (χ0v) is 9.49. The average Bonchev–Trinajstić information content (AvgIpc) is 2.41. The zero-order valence-electron chi connectivity index (χ0n) is 7.78. The maximum absolute atomic E-state index is 5.39. The molecule has 0 amide bonds. The maximum atomic E-state index is 5.39. The standard InChI is InChI=1S/C9H13NOS2/c1-7-8(2)11-9(10-7)13-6-4-3-5-12/h3-4,12H,5-6H2,1-2H3/b4-3+. The monoisotopic (exact) mass is 215 g/mol. The van der Waals surface area contributed by atoms with Crippen LogP contribution in [0.2, 0.25) is 0 Å². The molecule has 0 saturated heterocycles. The third-order valence-corrected chi connectivity index (χ3v) is 2.58. The molecule has 0 radical (unpaired) electrons. The second-order valence-electron chi connectivity index (χ2n) is 2.59. The van der Waals surface area contributed by atoms with E-state index in [0.29, 0.717) is 0 Å². The highest BCUT2D eigenvalue weighted by Gasteiger charge is 2.03. The molecule has 0 aliphatic rings. The molecular weight excluding hydrogens is 202 g/mol. The molecule has 0 spiro atoms. The van der Waals surface area contributed by atoms with E-state index in [-0.39, 0.29) is 0 Å². The molecule has 72 valence electrons. The molecule has 0 fully saturated rings. The van der Waals surface area contributed by atoms with E-state index in [1.807, 2.05) is 19.9 Å². The Hall–Kier alpha value is -0.350. The number of thiol groups is 1. The zero-order chi connectivity index (χ0) is 9.68. The molecule has 1 heterocycles. The molecule has 0 aliphatic heterocycles. The third kappa shape index (κ3) is 3.48. The predicted octanol–water partition coefficient (Wildman–Crippen LogP) is 2.87. The van der Waals surface area contributed by atoms with Crippen molar-refractivity contribution in [3.63, 3.8) is 0 Å². The van der Waals surface area contributed by atoms with Crippen LogP contribution in [-0.2, 0) is 0 Å². The third-order valence-electron chi connectivity index (χ3n) is 1.58. The lowest BCUT2D eigenvalue weighted by Crippen LogP contribution is -1.75. The minimum absolute atomic E-state index is 0.749. The largest absolute Gasteiger partial charge is 0.437 e. The second kappa shape index (κ2) is 5.40. The second-order valence-corrected chi connectivity index (χ2v) is 3.92. The fourth-order valence-electron chi connectivity index (χ4n) is 0.767. The van der Waals surface area contributed by atoms with Crippen LogP contribution in [0, 0.1) is 13.8 Å². The van der Waals surface area contributed by atoms with Gasteiger partial charge in [-0.2, -0.15) is 12.6 Å². The van der Waals surface area contributed by atoms with Crippen LogP contribution in [0.5, 0.6) is 0 Å². The number of thioether (sulfide) groups is 1. The Balaban J connectivity index is 2.41. The van der Waals surface area contributed by atoms with Crippen molar-refractivity contribution >= 4 is 24.4 Å². The Morgan fingerprint density at radius 1 is 1.46 bits per heavy atom. The van der Waals surface area contributed by atoms with Crippen LogP contribution >= 0.6 is 24.4 Å². The highest BCUT2D eigenvalue weighted by atomic mass is 32.2. The van der Waals surface area contributed by atoms with Crippen molar-refractivity contribution in [3.8, 4) is 0 Å². The van der Waals surface area contributed by atoms with Crippen LogP contribution in [0.1, 0.15) is 11.5 Å². The van der Waals surface area contributed by atoms with Gasteiger partial charge in [0.25, 0.3) is 5.22 Å². The van der Waals surface area contributed by atoms with Crippen molar-refractivity contribution in [2.75, 3.05) is 11.5 Å². The fourth-order valence-corrected chi connectivity index (χ4v) is 1.68. The van der Waals surface area contributed by atoms with Crippen molar-refractivity contribution in [2.24, 2.45) is 0 Å². The summed E-state index contributed by atoms with van der Waals surface area (Å²) in [5.74, 6) is 2.57. The van der Waals surface area contributed by atoms with Gasteiger partial charge in [-0.05, 0) is 13.8 Å². The van der Waals surface area contributed by atoms with Crippen molar-refractivity contribution < 1.29 is 4.42 Å². The van der Waals surface area contributed by atoms with Gasteiger partial charge >= 0.3 is 0 Å². The van der Waals surface area contributed by atoms with Gasteiger partial charge in [-0.25, -0.2) is 4.98 Å². The molecule has 0 aromatic carbocycles. The molecule has 0 bridgehead atoms. The number of aromatic nitrogens is 1. The highest BCUT2D eigenvalue weighted by Crippen LogP contribution is 2.19. The lowest BCUT2D eigenvalue weighted by atomic mass is 10.4. The van der Waals surface area contributed by atoms with Gasteiger partial charge in [-0.15, -0.1) is 0 Å². The van der Waals surface area contributed by atoms with Gasteiger partial charge in [0.15, 0.2) is 0 Å². The van der Waals surface area contributed by atoms with E-state index in [4.69, 9.17) is 4.42 Å². The lowest BCUT2D eigenvalue weighted by Gasteiger charge is -1.88. The summed E-state index contributed by atoms with van der Waals surface area (Å²) in [5.41, 5.74) is 0.973. The summed E-state index contributed by atoms with van der Waals surface area (Å²) in [5, 5.41) is 0.749. The molecule has 0 N–H and O–H groups in total. The van der Waals surface area contributed by atoms with Gasteiger partial charge in [0.05, 0.1) is 5.69 Å². The minimum Gasteiger partial charge on any atom is -0.437 e. The first kappa shape index (κ1) is 10.7. The molecular formula is C9H13NOS2. The summed E-state index contributed by atoms with van der Waals surface area (Å²) in [4.78, 5) is 4.25. The summed E-state index contributed by atoms with van der Waals surface area (Å²) in [7, 11) is 0. The molecule has 0 aliphatic carbocycles. The highest BCUT2D eigenvalue weighted by molar-refractivity contribution is 7.99. The molecule has 1 rings (SSSR count). The van der Waals surface area contributed by atoms with Gasteiger partial charge in [0, 0.05) is 11.5 Å². The first-order chi connectivity index (χ1) is 6.24. The SMILES string of the molecule is Cc1nc(SC/C=C/CS)oc1C. The topological polar surface area (TPSA) is 26.0 Å². The number of hydrogen-bond donors (Lipinski definition) is 1. The number of rotatable bonds is 4. The smallest absolute Gasteiger partial charge is 0.256 e. The number of nitrogens with zero attached hydrogens (tertiary/aromatic N) is 1. The Morgan fingerprint density at radius 2 is 2.23 bits per heavy atom. The molecule has 2 nitrogen and oxygen atoms in total. The molecule has 4 heteroatoms. The Kier molecular flexibility index (Phi) is 4.45. The Bertz CT molecular complexity index is 274. The maximum Gasteiger partial charge on any atom is 0.256 e. The molecule has 13 heavy (non-hydrogen) atoms. The van der Waals surface area contributed by atoms with E-state index in [9.17, 15) is 0 Å².